The number of nitrogens with zero attached hydrogens (tertiary/aromatic N) is 1. The summed E-state index contributed by atoms with van der Waals surface area (Å²) in [5, 5.41) is 1.41. The van der Waals surface area contributed by atoms with Gasteiger partial charge in [-0.05, 0) is 67.3 Å². The lowest BCUT2D eigenvalue weighted by atomic mass is 9.89. The van der Waals surface area contributed by atoms with Gasteiger partial charge in [0.05, 0.1) is 29.3 Å². The van der Waals surface area contributed by atoms with Crippen molar-refractivity contribution in [3.05, 3.63) is 56.0 Å². The molecule has 3 rings (SSSR count). The van der Waals surface area contributed by atoms with Crippen LogP contribution in [0.25, 0.3) is 0 Å². The average Bonchev–Trinajstić information content (AvgIpc) is 2.64. The Hall–Kier alpha value is -1.13. The zero-order chi connectivity index (χ0) is 18.8. The van der Waals surface area contributed by atoms with Crippen LogP contribution in [-0.2, 0) is 12.8 Å². The van der Waals surface area contributed by atoms with E-state index in [1.807, 2.05) is 12.1 Å². The van der Waals surface area contributed by atoms with E-state index in [4.69, 9.17) is 44.3 Å². The first kappa shape index (κ1) is 19.6. The smallest absolute Gasteiger partial charge is 0.161 e. The standard InChI is InChI=1S/C20H22Cl3NO2/c1-24-7-6-13-10-18(25-2)19(26-3)11-14(13)17(24)5-4-12-8-15(21)20(23)16(22)9-12/h8-11,17H,4-7H2,1-3H3. The fraction of sp³-hybridized carbons (Fsp3) is 0.400. The van der Waals surface area contributed by atoms with Crippen LogP contribution in [0.3, 0.4) is 0 Å². The third kappa shape index (κ3) is 3.91. The number of hydrogen-bond acceptors (Lipinski definition) is 3. The lowest BCUT2D eigenvalue weighted by Crippen LogP contribution is -2.32. The van der Waals surface area contributed by atoms with E-state index in [1.165, 1.54) is 11.1 Å². The van der Waals surface area contributed by atoms with Crippen LogP contribution in [0, 0.1) is 0 Å². The molecular formula is C20H22Cl3NO2. The van der Waals surface area contributed by atoms with Gasteiger partial charge < -0.3 is 9.47 Å². The van der Waals surface area contributed by atoms with Gasteiger partial charge in [-0.15, -0.1) is 0 Å². The van der Waals surface area contributed by atoms with Gasteiger partial charge in [0.15, 0.2) is 11.5 Å². The van der Waals surface area contributed by atoms with E-state index >= 15 is 0 Å². The molecule has 0 N–H and O–H groups in total. The Morgan fingerprint density at radius 3 is 2.23 bits per heavy atom. The van der Waals surface area contributed by atoms with E-state index in [2.05, 4.69) is 24.1 Å². The Morgan fingerprint density at radius 1 is 1.00 bits per heavy atom. The molecule has 2 aromatic rings. The Labute approximate surface area is 169 Å². The van der Waals surface area contributed by atoms with Gasteiger partial charge in [-0.2, -0.15) is 0 Å². The largest absolute Gasteiger partial charge is 0.493 e. The first-order valence-electron chi connectivity index (χ1n) is 8.53. The van der Waals surface area contributed by atoms with Gasteiger partial charge in [0.2, 0.25) is 0 Å². The number of halogens is 3. The van der Waals surface area contributed by atoms with Gasteiger partial charge >= 0.3 is 0 Å². The fourth-order valence-corrected chi connectivity index (χ4v) is 4.23. The summed E-state index contributed by atoms with van der Waals surface area (Å²) in [6, 6.07) is 8.30. The predicted octanol–water partition coefficient (Wildman–Crippen LogP) is 5.83. The van der Waals surface area contributed by atoms with Crippen LogP contribution < -0.4 is 9.47 Å². The molecule has 0 radical (unpaired) electrons. The zero-order valence-electron chi connectivity index (χ0n) is 15.1. The normalized spacial score (nSPS) is 17.1. The summed E-state index contributed by atoms with van der Waals surface area (Å²) in [5.74, 6) is 1.55. The number of aryl methyl sites for hydroxylation is 1. The molecule has 0 bridgehead atoms. The van der Waals surface area contributed by atoms with E-state index in [-0.39, 0.29) is 0 Å². The Balaban J connectivity index is 1.87. The van der Waals surface area contributed by atoms with Crippen molar-refractivity contribution >= 4 is 34.8 Å². The molecule has 0 aromatic heterocycles. The average molecular weight is 415 g/mol. The molecule has 3 nitrogen and oxygen atoms in total. The van der Waals surface area contributed by atoms with Crippen molar-refractivity contribution in [3.8, 4) is 11.5 Å². The minimum Gasteiger partial charge on any atom is -0.493 e. The molecule has 0 aliphatic carbocycles. The lowest BCUT2D eigenvalue weighted by Gasteiger charge is -2.35. The monoisotopic (exact) mass is 413 g/mol. The number of fused-ring (bicyclic) bond motifs is 1. The van der Waals surface area contributed by atoms with E-state index in [0.29, 0.717) is 21.1 Å². The highest BCUT2D eigenvalue weighted by atomic mass is 35.5. The summed E-state index contributed by atoms with van der Waals surface area (Å²) in [6.45, 7) is 1.01. The van der Waals surface area contributed by atoms with Crippen molar-refractivity contribution in [2.75, 3.05) is 27.8 Å². The molecule has 1 aliphatic rings. The molecule has 1 heterocycles. The van der Waals surface area contributed by atoms with Crippen molar-refractivity contribution in [3.63, 3.8) is 0 Å². The topological polar surface area (TPSA) is 21.7 Å². The zero-order valence-corrected chi connectivity index (χ0v) is 17.4. The quantitative estimate of drug-likeness (QED) is 0.575. The summed E-state index contributed by atoms with van der Waals surface area (Å²) in [4.78, 5) is 2.38. The number of likely N-dealkylation sites (N-methyl/N-ethyl adjacent to an activating group) is 1. The predicted molar refractivity (Wildman–Crippen MR) is 108 cm³/mol. The molecule has 0 saturated heterocycles. The number of methoxy groups -OCH3 is 2. The summed E-state index contributed by atoms with van der Waals surface area (Å²) in [6.07, 6.45) is 2.81. The maximum absolute atomic E-state index is 6.17. The first-order valence-corrected chi connectivity index (χ1v) is 9.66. The minimum absolute atomic E-state index is 0.298. The van der Waals surface area contributed by atoms with Crippen LogP contribution in [-0.4, -0.2) is 32.7 Å². The van der Waals surface area contributed by atoms with Crippen LogP contribution in [0.1, 0.15) is 29.2 Å². The Kier molecular flexibility index (Phi) is 6.24. The summed E-state index contributed by atoms with van der Waals surface area (Å²) >= 11 is 18.4. The highest BCUT2D eigenvalue weighted by Crippen LogP contribution is 2.40. The van der Waals surface area contributed by atoms with Crippen molar-refractivity contribution in [1.82, 2.24) is 4.90 Å². The van der Waals surface area contributed by atoms with Gasteiger partial charge in [0, 0.05) is 12.6 Å². The molecule has 1 unspecified atom stereocenters. The number of rotatable bonds is 5. The third-order valence-electron chi connectivity index (χ3n) is 5.02. The van der Waals surface area contributed by atoms with Crippen LogP contribution in [0.2, 0.25) is 15.1 Å². The van der Waals surface area contributed by atoms with Gasteiger partial charge in [-0.1, -0.05) is 34.8 Å². The van der Waals surface area contributed by atoms with Crippen molar-refractivity contribution in [2.45, 2.75) is 25.3 Å². The molecule has 2 aromatic carbocycles. The molecule has 0 amide bonds. The molecule has 0 fully saturated rings. The maximum Gasteiger partial charge on any atom is 0.161 e. The third-order valence-corrected chi connectivity index (χ3v) is 6.22. The highest BCUT2D eigenvalue weighted by molar-refractivity contribution is 6.48. The van der Waals surface area contributed by atoms with Crippen LogP contribution >= 0.6 is 34.8 Å². The Bertz CT molecular complexity index is 787. The molecule has 26 heavy (non-hydrogen) atoms. The van der Waals surface area contributed by atoms with E-state index in [9.17, 15) is 0 Å². The molecule has 140 valence electrons. The number of ether oxygens (including phenoxy) is 2. The second-order valence-electron chi connectivity index (χ2n) is 6.56. The molecule has 0 saturated carbocycles. The second kappa shape index (κ2) is 8.26. The highest BCUT2D eigenvalue weighted by Gasteiger charge is 2.26. The molecule has 0 spiro atoms. The van der Waals surface area contributed by atoms with Crippen molar-refractivity contribution < 1.29 is 9.47 Å². The maximum atomic E-state index is 6.17. The van der Waals surface area contributed by atoms with Crippen molar-refractivity contribution in [2.24, 2.45) is 0 Å². The second-order valence-corrected chi connectivity index (χ2v) is 7.76. The molecule has 1 aliphatic heterocycles. The van der Waals surface area contributed by atoms with E-state index in [0.717, 1.165) is 42.9 Å². The van der Waals surface area contributed by atoms with Crippen molar-refractivity contribution in [1.29, 1.82) is 0 Å². The SMILES string of the molecule is COc1cc2c(cc1OC)C(CCc1cc(Cl)c(Cl)c(Cl)c1)N(C)CC2. The fourth-order valence-electron chi connectivity index (χ4n) is 3.59. The number of hydrogen-bond donors (Lipinski definition) is 0. The van der Waals surface area contributed by atoms with Gasteiger partial charge in [-0.25, -0.2) is 0 Å². The first-order chi connectivity index (χ1) is 12.4. The van der Waals surface area contributed by atoms with Gasteiger partial charge in [-0.3, -0.25) is 4.90 Å². The number of benzene rings is 2. The minimum atomic E-state index is 0.298. The van der Waals surface area contributed by atoms with Crippen LogP contribution in [0.5, 0.6) is 11.5 Å². The van der Waals surface area contributed by atoms with Gasteiger partial charge in [0.1, 0.15) is 0 Å². The van der Waals surface area contributed by atoms with Crippen LogP contribution in [0.4, 0.5) is 0 Å². The summed E-state index contributed by atoms with van der Waals surface area (Å²) < 4.78 is 11.0. The molecule has 6 heteroatoms. The summed E-state index contributed by atoms with van der Waals surface area (Å²) in [5.41, 5.74) is 3.70. The molecule has 1 atom stereocenters. The van der Waals surface area contributed by atoms with Gasteiger partial charge in [0.25, 0.3) is 0 Å². The lowest BCUT2D eigenvalue weighted by molar-refractivity contribution is 0.218. The van der Waals surface area contributed by atoms with E-state index < -0.39 is 0 Å². The summed E-state index contributed by atoms with van der Waals surface area (Å²) in [7, 11) is 5.50. The molecular weight excluding hydrogens is 393 g/mol. The Morgan fingerprint density at radius 2 is 1.62 bits per heavy atom. The van der Waals surface area contributed by atoms with Crippen LogP contribution in [0.15, 0.2) is 24.3 Å². The van der Waals surface area contributed by atoms with E-state index in [1.54, 1.807) is 14.2 Å².